The van der Waals surface area contributed by atoms with Crippen LogP contribution in [-0.4, -0.2) is 42.8 Å². The van der Waals surface area contributed by atoms with Crippen molar-refractivity contribution >= 4 is 0 Å². The highest BCUT2D eigenvalue weighted by Gasteiger charge is 2.15. The first-order valence-corrected chi connectivity index (χ1v) is 8.87. The Kier molecular flexibility index (Phi) is 6.21. The van der Waals surface area contributed by atoms with E-state index in [4.69, 9.17) is 4.74 Å². The highest BCUT2D eigenvalue weighted by Crippen LogP contribution is 2.24. The second-order valence-corrected chi connectivity index (χ2v) is 6.66. The van der Waals surface area contributed by atoms with Crippen LogP contribution >= 0.6 is 0 Å². The van der Waals surface area contributed by atoms with Crippen LogP contribution in [0.5, 0.6) is 5.75 Å². The quantitative estimate of drug-likeness (QED) is 0.638. The summed E-state index contributed by atoms with van der Waals surface area (Å²) in [5.41, 5.74) is 4.23. The molecule has 0 aliphatic heterocycles. The Morgan fingerprint density at radius 3 is 2.44 bits per heavy atom. The molecule has 0 amide bonds. The van der Waals surface area contributed by atoms with Gasteiger partial charge in [-0.2, -0.15) is 5.10 Å². The van der Waals surface area contributed by atoms with Crippen molar-refractivity contribution in [1.29, 1.82) is 0 Å². The van der Waals surface area contributed by atoms with E-state index < -0.39 is 0 Å². The summed E-state index contributed by atoms with van der Waals surface area (Å²) in [5, 5.41) is 10.8. The summed E-state index contributed by atoms with van der Waals surface area (Å²) in [5.74, 6) is 0.609. The number of hydrogen-bond donors (Lipinski definition) is 2. The topological polar surface area (TPSA) is 53.2 Å². The van der Waals surface area contributed by atoms with Gasteiger partial charge in [0.25, 0.3) is 0 Å². The summed E-state index contributed by atoms with van der Waals surface area (Å²) < 4.78 is 18.4. The normalized spacial score (nSPS) is 12.3. The number of nitrogens with zero attached hydrogens (tertiary/aromatic N) is 2. The van der Waals surface area contributed by atoms with Gasteiger partial charge in [0.15, 0.2) is 0 Å². The Morgan fingerprint density at radius 2 is 1.81 bits per heavy atom. The summed E-state index contributed by atoms with van der Waals surface area (Å²) in [6.07, 6.45) is 1.84. The second-order valence-electron chi connectivity index (χ2n) is 6.66. The molecule has 1 unspecified atom stereocenters. The molecule has 0 bridgehead atoms. The molecule has 1 atom stereocenters. The van der Waals surface area contributed by atoms with Gasteiger partial charge in [-0.3, -0.25) is 5.10 Å². The zero-order valence-electron chi connectivity index (χ0n) is 15.9. The van der Waals surface area contributed by atoms with Crippen LogP contribution in [0.25, 0.3) is 11.3 Å². The van der Waals surface area contributed by atoms with Gasteiger partial charge in [0.1, 0.15) is 11.6 Å². The molecule has 0 saturated carbocycles. The Hall–Kier alpha value is -2.70. The predicted molar refractivity (Wildman–Crippen MR) is 105 cm³/mol. The lowest BCUT2D eigenvalue weighted by atomic mass is 10.1. The van der Waals surface area contributed by atoms with Gasteiger partial charge >= 0.3 is 0 Å². The third-order valence-electron chi connectivity index (χ3n) is 4.63. The van der Waals surface area contributed by atoms with Crippen molar-refractivity contribution in [2.75, 3.05) is 27.7 Å². The zero-order chi connectivity index (χ0) is 19.2. The number of benzene rings is 2. The number of aromatic nitrogens is 2. The first-order valence-electron chi connectivity index (χ1n) is 8.87. The van der Waals surface area contributed by atoms with Gasteiger partial charge in [-0.15, -0.1) is 0 Å². The molecule has 1 heterocycles. The number of halogens is 1. The fourth-order valence-electron chi connectivity index (χ4n) is 3.08. The number of likely N-dealkylation sites (N-methyl/N-ethyl adjacent to an activating group) is 1. The molecule has 0 saturated heterocycles. The molecule has 5 nitrogen and oxygen atoms in total. The second kappa shape index (κ2) is 8.79. The Balaban J connectivity index is 1.66. The smallest absolute Gasteiger partial charge is 0.123 e. The van der Waals surface area contributed by atoms with Crippen molar-refractivity contribution in [3.63, 3.8) is 0 Å². The number of methoxy groups -OCH3 is 1. The summed E-state index contributed by atoms with van der Waals surface area (Å²) in [6, 6.07) is 14.7. The van der Waals surface area contributed by atoms with Crippen LogP contribution in [0.2, 0.25) is 0 Å². The van der Waals surface area contributed by atoms with Gasteiger partial charge in [-0.05, 0) is 56.1 Å². The number of H-pyrrole nitrogens is 1. The van der Waals surface area contributed by atoms with Crippen LogP contribution in [0.3, 0.4) is 0 Å². The fourth-order valence-corrected chi connectivity index (χ4v) is 3.08. The van der Waals surface area contributed by atoms with Crippen LogP contribution in [0.1, 0.15) is 17.2 Å². The molecule has 2 N–H and O–H groups in total. The maximum atomic E-state index is 13.2. The van der Waals surface area contributed by atoms with E-state index in [2.05, 4.69) is 20.4 Å². The zero-order valence-corrected chi connectivity index (χ0v) is 15.9. The largest absolute Gasteiger partial charge is 0.497 e. The minimum atomic E-state index is -0.216. The van der Waals surface area contributed by atoms with Gasteiger partial charge < -0.3 is 15.0 Å². The molecule has 0 aliphatic rings. The lowest BCUT2D eigenvalue weighted by Gasteiger charge is -2.25. The van der Waals surface area contributed by atoms with E-state index in [1.165, 1.54) is 12.1 Å². The number of aromatic amines is 1. The number of rotatable bonds is 8. The molecular weight excluding hydrogens is 343 g/mol. The highest BCUT2D eigenvalue weighted by atomic mass is 19.1. The standard InChI is InChI=1S/C21H25FN4O/c1-26(2)20(15-4-8-18(22)9-5-15)14-23-12-17-13-24-25-21(17)16-6-10-19(27-3)11-7-16/h4-11,13,20,23H,12,14H2,1-3H3,(H,24,25). The average Bonchev–Trinajstić information content (AvgIpc) is 3.14. The molecular formula is C21H25FN4O. The molecule has 3 aromatic rings. The van der Waals surface area contributed by atoms with E-state index in [-0.39, 0.29) is 11.9 Å². The van der Waals surface area contributed by atoms with E-state index in [1.54, 1.807) is 7.11 Å². The van der Waals surface area contributed by atoms with E-state index in [0.29, 0.717) is 6.54 Å². The summed E-state index contributed by atoms with van der Waals surface area (Å²) in [4.78, 5) is 2.12. The maximum Gasteiger partial charge on any atom is 0.123 e. The molecule has 0 fully saturated rings. The number of ether oxygens (including phenoxy) is 1. The maximum absolute atomic E-state index is 13.2. The number of nitrogens with one attached hydrogen (secondary N) is 2. The summed E-state index contributed by atoms with van der Waals surface area (Å²) in [7, 11) is 5.70. The first kappa shape index (κ1) is 19.1. The summed E-state index contributed by atoms with van der Waals surface area (Å²) >= 11 is 0. The first-order chi connectivity index (χ1) is 13.1. The molecule has 0 aliphatic carbocycles. The van der Waals surface area contributed by atoms with Crippen LogP contribution in [0, 0.1) is 5.82 Å². The van der Waals surface area contributed by atoms with Crippen molar-refractivity contribution in [2.24, 2.45) is 0 Å². The SMILES string of the molecule is COc1ccc(-c2[nH]ncc2CNCC(c2ccc(F)cc2)N(C)C)cc1. The van der Waals surface area contributed by atoms with Crippen molar-refractivity contribution in [3.05, 3.63) is 71.7 Å². The van der Waals surface area contributed by atoms with Crippen molar-refractivity contribution in [3.8, 4) is 17.0 Å². The van der Waals surface area contributed by atoms with Gasteiger partial charge in [-0.25, -0.2) is 4.39 Å². The monoisotopic (exact) mass is 368 g/mol. The number of hydrogen-bond acceptors (Lipinski definition) is 4. The van der Waals surface area contributed by atoms with E-state index in [1.807, 2.05) is 56.7 Å². The minimum Gasteiger partial charge on any atom is -0.497 e. The van der Waals surface area contributed by atoms with E-state index in [9.17, 15) is 4.39 Å². The molecule has 27 heavy (non-hydrogen) atoms. The molecule has 1 aromatic heterocycles. The van der Waals surface area contributed by atoms with Gasteiger partial charge in [0.2, 0.25) is 0 Å². The van der Waals surface area contributed by atoms with Crippen molar-refractivity contribution in [1.82, 2.24) is 20.4 Å². The van der Waals surface area contributed by atoms with Crippen molar-refractivity contribution < 1.29 is 9.13 Å². The van der Waals surface area contributed by atoms with Crippen molar-refractivity contribution in [2.45, 2.75) is 12.6 Å². The molecule has 142 valence electrons. The average molecular weight is 368 g/mol. The lowest BCUT2D eigenvalue weighted by Crippen LogP contribution is -2.30. The van der Waals surface area contributed by atoms with Crippen LogP contribution < -0.4 is 10.1 Å². The third-order valence-corrected chi connectivity index (χ3v) is 4.63. The molecule has 0 spiro atoms. The van der Waals surface area contributed by atoms with Gasteiger partial charge in [0.05, 0.1) is 19.0 Å². The summed E-state index contributed by atoms with van der Waals surface area (Å²) in [6.45, 7) is 1.43. The van der Waals surface area contributed by atoms with Crippen LogP contribution in [-0.2, 0) is 6.54 Å². The minimum absolute atomic E-state index is 0.155. The molecule has 3 rings (SSSR count). The fraction of sp³-hybridized carbons (Fsp3) is 0.286. The van der Waals surface area contributed by atoms with E-state index >= 15 is 0 Å². The Morgan fingerprint density at radius 1 is 1.11 bits per heavy atom. The molecule has 6 heteroatoms. The molecule has 2 aromatic carbocycles. The highest BCUT2D eigenvalue weighted by molar-refractivity contribution is 5.63. The predicted octanol–water partition coefficient (Wildman–Crippen LogP) is 3.62. The Labute approximate surface area is 159 Å². The van der Waals surface area contributed by atoms with Crippen LogP contribution in [0.15, 0.2) is 54.7 Å². The Bertz CT molecular complexity index is 843. The third kappa shape index (κ3) is 4.72. The van der Waals surface area contributed by atoms with Gasteiger partial charge in [0, 0.05) is 30.3 Å². The van der Waals surface area contributed by atoms with Crippen LogP contribution in [0.4, 0.5) is 4.39 Å². The van der Waals surface area contributed by atoms with Gasteiger partial charge in [-0.1, -0.05) is 12.1 Å². The van der Waals surface area contributed by atoms with E-state index in [0.717, 1.165) is 34.7 Å². The lowest BCUT2D eigenvalue weighted by molar-refractivity contribution is 0.288. The molecule has 0 radical (unpaired) electrons.